The Kier molecular flexibility index (Phi) is 5.56. The summed E-state index contributed by atoms with van der Waals surface area (Å²) in [5.74, 6) is -0.596. The van der Waals surface area contributed by atoms with Crippen LogP contribution in [0.25, 0.3) is 0 Å². The Balaban J connectivity index is 0.00000121. The van der Waals surface area contributed by atoms with E-state index in [4.69, 9.17) is 16.2 Å². The van der Waals surface area contributed by atoms with Crippen LogP contribution in [0, 0.1) is 5.82 Å². The predicted molar refractivity (Wildman–Crippen MR) is 47.6 cm³/mol. The van der Waals surface area contributed by atoms with Crippen LogP contribution in [-0.4, -0.2) is 38.3 Å². The van der Waals surface area contributed by atoms with E-state index >= 15 is 0 Å². The summed E-state index contributed by atoms with van der Waals surface area (Å²) in [5.41, 5.74) is 0. The van der Waals surface area contributed by atoms with E-state index in [1.165, 1.54) is 6.07 Å². The van der Waals surface area contributed by atoms with Gasteiger partial charge in [-0.1, -0.05) is 11.6 Å². The van der Waals surface area contributed by atoms with E-state index in [2.05, 4.69) is 0 Å². The molecular formula is C6H5ClFNaO2S. The van der Waals surface area contributed by atoms with Gasteiger partial charge in [-0.2, -0.15) is 0 Å². The first kappa shape index (κ1) is 12.6. The zero-order chi connectivity index (χ0) is 8.43. The summed E-state index contributed by atoms with van der Waals surface area (Å²) in [6.07, 6.45) is 0. The number of halogens is 2. The van der Waals surface area contributed by atoms with Crippen LogP contribution < -0.4 is 0 Å². The molecule has 0 fully saturated rings. The van der Waals surface area contributed by atoms with E-state index < -0.39 is 16.9 Å². The summed E-state index contributed by atoms with van der Waals surface area (Å²) >= 11 is 3.24. The summed E-state index contributed by atoms with van der Waals surface area (Å²) in [6, 6.07) is 3.37. The van der Waals surface area contributed by atoms with Gasteiger partial charge in [-0.3, -0.25) is 0 Å². The maximum absolute atomic E-state index is 12.4. The fourth-order valence-corrected chi connectivity index (χ4v) is 1.23. The zero-order valence-corrected chi connectivity index (χ0v) is 6.82. The van der Waals surface area contributed by atoms with Crippen molar-refractivity contribution < 1.29 is 13.2 Å². The van der Waals surface area contributed by atoms with Crippen LogP contribution in [0.1, 0.15) is 0 Å². The van der Waals surface area contributed by atoms with E-state index in [1.807, 2.05) is 0 Å². The predicted octanol–water partition coefficient (Wildman–Crippen LogP) is 1.41. The Morgan fingerprint density at radius 1 is 1.50 bits per heavy atom. The van der Waals surface area contributed by atoms with E-state index in [1.54, 1.807) is 0 Å². The quantitative estimate of drug-likeness (QED) is 0.572. The summed E-state index contributed by atoms with van der Waals surface area (Å²) < 4.78 is 31.4. The van der Waals surface area contributed by atoms with Crippen molar-refractivity contribution >= 4 is 52.2 Å². The average molecular weight is 219 g/mol. The first-order valence-corrected chi connectivity index (χ1v) is 4.15. The normalized spacial score (nSPS) is 11.9. The van der Waals surface area contributed by atoms with Crippen molar-refractivity contribution in [2.75, 3.05) is 0 Å². The third kappa shape index (κ3) is 3.12. The first-order valence-electron chi connectivity index (χ1n) is 2.67. The Morgan fingerprint density at radius 2 is 2.08 bits per heavy atom. The van der Waals surface area contributed by atoms with Crippen LogP contribution >= 0.6 is 11.6 Å². The standard InChI is InChI=1S/C6H4ClFO2S.Na.H/c7-5-3-4(11(9)10)1-2-6(5)8;;/h1-3H,(H,9,10);;. The second kappa shape index (κ2) is 5.32. The van der Waals surface area contributed by atoms with Crippen molar-refractivity contribution in [1.82, 2.24) is 0 Å². The van der Waals surface area contributed by atoms with Gasteiger partial charge in [-0.25, -0.2) is 8.60 Å². The van der Waals surface area contributed by atoms with Crippen LogP contribution in [0.15, 0.2) is 23.1 Å². The fraction of sp³-hybridized carbons (Fsp3) is 0. The van der Waals surface area contributed by atoms with Gasteiger partial charge in [0.2, 0.25) is 0 Å². The van der Waals surface area contributed by atoms with Crippen LogP contribution in [0.2, 0.25) is 5.02 Å². The van der Waals surface area contributed by atoms with Crippen molar-refractivity contribution in [3.05, 3.63) is 29.0 Å². The SMILES string of the molecule is O=S(O)c1ccc(F)c(Cl)c1.[NaH]. The molecule has 1 aromatic carbocycles. The third-order valence-electron chi connectivity index (χ3n) is 1.09. The average Bonchev–Trinajstić information content (AvgIpc) is 1.94. The van der Waals surface area contributed by atoms with Crippen LogP contribution in [0.5, 0.6) is 0 Å². The second-order valence-electron chi connectivity index (χ2n) is 1.83. The topological polar surface area (TPSA) is 37.3 Å². The van der Waals surface area contributed by atoms with Crippen molar-refractivity contribution in [3.8, 4) is 0 Å². The molecule has 1 N–H and O–H groups in total. The number of hydrogen-bond acceptors (Lipinski definition) is 1. The van der Waals surface area contributed by atoms with E-state index in [0.29, 0.717) is 0 Å². The molecule has 0 aliphatic rings. The Bertz CT molecular complexity index is 308. The van der Waals surface area contributed by atoms with Crippen LogP contribution in [0.3, 0.4) is 0 Å². The second-order valence-corrected chi connectivity index (χ2v) is 3.20. The molecule has 2 nitrogen and oxygen atoms in total. The molecule has 0 aromatic heterocycles. The van der Waals surface area contributed by atoms with Crippen molar-refractivity contribution in [2.45, 2.75) is 4.90 Å². The minimum atomic E-state index is -2.10. The Labute approximate surface area is 98.7 Å². The molecule has 0 saturated carbocycles. The molecule has 0 aliphatic carbocycles. The van der Waals surface area contributed by atoms with E-state index in [-0.39, 0.29) is 39.5 Å². The summed E-state index contributed by atoms with van der Waals surface area (Å²) in [7, 11) is 0. The van der Waals surface area contributed by atoms with Gasteiger partial charge in [0.25, 0.3) is 0 Å². The van der Waals surface area contributed by atoms with E-state index in [0.717, 1.165) is 12.1 Å². The summed E-state index contributed by atoms with van der Waals surface area (Å²) in [5, 5.41) is -0.148. The molecule has 12 heavy (non-hydrogen) atoms. The molecule has 0 saturated heterocycles. The van der Waals surface area contributed by atoms with Crippen LogP contribution in [-0.2, 0) is 11.1 Å². The number of benzene rings is 1. The molecule has 0 aliphatic heterocycles. The molecule has 0 bridgehead atoms. The zero-order valence-electron chi connectivity index (χ0n) is 5.25. The maximum atomic E-state index is 12.4. The van der Waals surface area contributed by atoms with Gasteiger partial charge in [0.1, 0.15) is 5.82 Å². The summed E-state index contributed by atoms with van der Waals surface area (Å²) in [6.45, 7) is 0. The van der Waals surface area contributed by atoms with Crippen molar-refractivity contribution in [2.24, 2.45) is 0 Å². The molecule has 0 heterocycles. The molecule has 1 unspecified atom stereocenters. The van der Waals surface area contributed by atoms with Gasteiger partial charge in [-0.15, -0.1) is 0 Å². The Hall–Kier alpha value is 0.550. The van der Waals surface area contributed by atoms with E-state index in [9.17, 15) is 8.60 Å². The molecule has 0 radical (unpaired) electrons. The molecule has 62 valence electrons. The third-order valence-corrected chi connectivity index (χ3v) is 2.04. The molecule has 1 atom stereocenters. The molecule has 6 heteroatoms. The molecule has 1 aromatic rings. The van der Waals surface area contributed by atoms with Gasteiger partial charge >= 0.3 is 29.6 Å². The molecule has 1 rings (SSSR count). The van der Waals surface area contributed by atoms with Gasteiger partial charge in [-0.05, 0) is 18.2 Å². The van der Waals surface area contributed by atoms with Gasteiger partial charge in [0.05, 0.1) is 9.92 Å². The van der Waals surface area contributed by atoms with Crippen molar-refractivity contribution in [1.29, 1.82) is 0 Å². The van der Waals surface area contributed by atoms with Gasteiger partial charge in [0, 0.05) is 0 Å². The van der Waals surface area contributed by atoms with Gasteiger partial charge < -0.3 is 4.55 Å². The molecular weight excluding hydrogens is 214 g/mol. The monoisotopic (exact) mass is 218 g/mol. The number of rotatable bonds is 1. The molecule has 0 spiro atoms. The first-order chi connectivity index (χ1) is 5.11. The van der Waals surface area contributed by atoms with Gasteiger partial charge in [0.15, 0.2) is 11.1 Å². The van der Waals surface area contributed by atoms with Crippen molar-refractivity contribution in [3.63, 3.8) is 0 Å². The minimum absolute atomic E-state index is 0. The fourth-order valence-electron chi connectivity index (χ4n) is 0.585. The molecule has 0 amide bonds. The Morgan fingerprint density at radius 3 is 2.50 bits per heavy atom. The number of hydrogen-bond donors (Lipinski definition) is 1. The van der Waals surface area contributed by atoms with Crippen LogP contribution in [0.4, 0.5) is 4.39 Å². The summed E-state index contributed by atoms with van der Waals surface area (Å²) in [4.78, 5) is 0.0939.